The Morgan fingerprint density at radius 3 is 2.50 bits per heavy atom. The molecular weight excluding hydrogens is 181 g/mol. The molecule has 0 atom stereocenters. The Bertz CT molecular complexity index is 373. The Labute approximate surface area is 82.7 Å². The number of carbonyl (C=O) groups is 1. The highest BCUT2D eigenvalue weighted by Gasteiger charge is 2.14. The maximum atomic E-state index is 13.2. The van der Waals surface area contributed by atoms with Crippen LogP contribution < -0.4 is 4.90 Å². The van der Waals surface area contributed by atoms with Gasteiger partial charge in [0.15, 0.2) is 0 Å². The van der Waals surface area contributed by atoms with Gasteiger partial charge in [-0.2, -0.15) is 0 Å². The lowest BCUT2D eigenvalue weighted by atomic mass is 10.2. The van der Waals surface area contributed by atoms with Crippen molar-refractivity contribution in [2.24, 2.45) is 0 Å². The first-order chi connectivity index (χ1) is 6.54. The molecule has 1 aromatic carbocycles. The maximum absolute atomic E-state index is 13.2. The lowest BCUT2D eigenvalue weighted by Gasteiger charge is -2.17. The van der Waals surface area contributed by atoms with E-state index in [0.717, 1.165) is 0 Å². The molecule has 0 fully saturated rings. The zero-order valence-corrected chi connectivity index (χ0v) is 8.25. The predicted molar refractivity (Wildman–Crippen MR) is 54.6 cm³/mol. The topological polar surface area (TPSA) is 20.3 Å². The summed E-state index contributed by atoms with van der Waals surface area (Å²) in [5.74, 6) is -0.695. The number of hydrogen-bond acceptors (Lipinski definition) is 1. The van der Waals surface area contributed by atoms with Gasteiger partial charge >= 0.3 is 0 Å². The SMILES string of the molecule is C=C(C)C(=O)N(C)c1ccccc1F. The molecule has 2 nitrogen and oxygen atoms in total. The fourth-order valence-electron chi connectivity index (χ4n) is 1.12. The van der Waals surface area contributed by atoms with Gasteiger partial charge in [-0.1, -0.05) is 18.7 Å². The minimum atomic E-state index is -0.412. The van der Waals surface area contributed by atoms with Crippen LogP contribution in [0.1, 0.15) is 6.92 Å². The second-order valence-corrected chi connectivity index (χ2v) is 3.10. The molecule has 0 heterocycles. The fraction of sp³-hybridized carbons (Fsp3) is 0.182. The highest BCUT2D eigenvalue weighted by atomic mass is 19.1. The number of carbonyl (C=O) groups excluding carboxylic acids is 1. The van der Waals surface area contributed by atoms with Crippen LogP contribution in [-0.2, 0) is 4.79 Å². The average molecular weight is 193 g/mol. The number of nitrogens with zero attached hydrogens (tertiary/aromatic N) is 1. The summed E-state index contributed by atoms with van der Waals surface area (Å²) in [5, 5.41) is 0. The fourth-order valence-corrected chi connectivity index (χ4v) is 1.12. The van der Waals surface area contributed by atoms with Crippen molar-refractivity contribution < 1.29 is 9.18 Å². The van der Waals surface area contributed by atoms with Gasteiger partial charge in [0.1, 0.15) is 5.82 Å². The molecule has 74 valence electrons. The summed E-state index contributed by atoms with van der Waals surface area (Å²) in [6.07, 6.45) is 0. The molecule has 1 rings (SSSR count). The molecule has 0 spiro atoms. The van der Waals surface area contributed by atoms with Gasteiger partial charge in [-0.3, -0.25) is 4.79 Å². The molecule has 0 saturated carbocycles. The molecule has 0 unspecified atom stereocenters. The van der Waals surface area contributed by atoms with Crippen molar-refractivity contribution in [2.45, 2.75) is 6.92 Å². The van der Waals surface area contributed by atoms with Crippen LogP contribution in [-0.4, -0.2) is 13.0 Å². The standard InChI is InChI=1S/C11H12FNO/c1-8(2)11(14)13(3)10-7-5-4-6-9(10)12/h4-7H,1H2,2-3H3. The summed E-state index contributed by atoms with van der Waals surface area (Å²) < 4.78 is 13.2. The molecule has 1 amide bonds. The van der Waals surface area contributed by atoms with E-state index in [2.05, 4.69) is 6.58 Å². The molecule has 0 aromatic heterocycles. The number of anilines is 1. The molecule has 0 bridgehead atoms. The van der Waals surface area contributed by atoms with Gasteiger partial charge < -0.3 is 4.90 Å². The average Bonchev–Trinajstić information content (AvgIpc) is 2.16. The summed E-state index contributed by atoms with van der Waals surface area (Å²) in [6.45, 7) is 5.11. The van der Waals surface area contributed by atoms with E-state index >= 15 is 0 Å². The normalized spacial score (nSPS) is 9.64. The van der Waals surface area contributed by atoms with Gasteiger partial charge in [0, 0.05) is 12.6 Å². The lowest BCUT2D eigenvalue weighted by molar-refractivity contribution is -0.114. The molecule has 3 heteroatoms. The first-order valence-electron chi connectivity index (χ1n) is 4.22. The van der Waals surface area contributed by atoms with Gasteiger partial charge in [0.25, 0.3) is 5.91 Å². The van der Waals surface area contributed by atoms with E-state index in [1.54, 1.807) is 25.1 Å². The van der Waals surface area contributed by atoms with Crippen LogP contribution in [0.15, 0.2) is 36.4 Å². The van der Waals surface area contributed by atoms with E-state index in [9.17, 15) is 9.18 Å². The van der Waals surface area contributed by atoms with Crippen molar-refractivity contribution in [2.75, 3.05) is 11.9 Å². The first-order valence-corrected chi connectivity index (χ1v) is 4.22. The highest BCUT2D eigenvalue weighted by molar-refractivity contribution is 6.04. The minimum Gasteiger partial charge on any atom is -0.309 e. The van der Waals surface area contributed by atoms with Crippen LogP contribution in [0.3, 0.4) is 0 Å². The van der Waals surface area contributed by atoms with Gasteiger partial charge in [-0.05, 0) is 19.1 Å². The maximum Gasteiger partial charge on any atom is 0.253 e. The largest absolute Gasteiger partial charge is 0.309 e. The second-order valence-electron chi connectivity index (χ2n) is 3.10. The van der Waals surface area contributed by atoms with Crippen LogP contribution in [0, 0.1) is 5.82 Å². The van der Waals surface area contributed by atoms with Crippen molar-refractivity contribution >= 4 is 11.6 Å². The Hall–Kier alpha value is -1.64. The summed E-state index contributed by atoms with van der Waals surface area (Å²) >= 11 is 0. The second kappa shape index (κ2) is 4.05. The molecule has 1 aromatic rings. The monoisotopic (exact) mass is 193 g/mol. The zero-order chi connectivity index (χ0) is 10.7. The lowest BCUT2D eigenvalue weighted by Crippen LogP contribution is -2.27. The molecule has 0 aliphatic rings. The number of halogens is 1. The zero-order valence-electron chi connectivity index (χ0n) is 8.25. The van der Waals surface area contributed by atoms with Gasteiger partial charge in [-0.25, -0.2) is 4.39 Å². The smallest absolute Gasteiger partial charge is 0.253 e. The molecule has 0 aliphatic heterocycles. The summed E-state index contributed by atoms with van der Waals surface area (Å²) in [5.41, 5.74) is 0.649. The molecule has 0 N–H and O–H groups in total. The third kappa shape index (κ3) is 1.99. The number of hydrogen-bond donors (Lipinski definition) is 0. The first kappa shape index (κ1) is 10.4. The number of likely N-dealkylation sites (N-methyl/N-ethyl adjacent to an activating group) is 1. The minimum absolute atomic E-state index is 0.264. The predicted octanol–water partition coefficient (Wildman–Crippen LogP) is 2.36. The number of rotatable bonds is 2. The third-order valence-corrected chi connectivity index (χ3v) is 1.88. The Morgan fingerprint density at radius 1 is 1.43 bits per heavy atom. The summed E-state index contributed by atoms with van der Waals surface area (Å²) in [7, 11) is 1.52. The van der Waals surface area contributed by atoms with Gasteiger partial charge in [0.05, 0.1) is 5.69 Å². The molecular formula is C11H12FNO. The van der Waals surface area contributed by atoms with E-state index in [1.165, 1.54) is 18.0 Å². The van der Waals surface area contributed by atoms with E-state index in [1.807, 2.05) is 0 Å². The van der Waals surface area contributed by atoms with Crippen LogP contribution in [0.2, 0.25) is 0 Å². The van der Waals surface area contributed by atoms with Crippen molar-refractivity contribution in [3.63, 3.8) is 0 Å². The number of benzene rings is 1. The van der Waals surface area contributed by atoms with Crippen LogP contribution in [0.5, 0.6) is 0 Å². The number of amides is 1. The highest BCUT2D eigenvalue weighted by Crippen LogP contribution is 2.18. The van der Waals surface area contributed by atoms with Crippen LogP contribution in [0.25, 0.3) is 0 Å². The Kier molecular flexibility index (Phi) is 3.02. The Morgan fingerprint density at radius 2 is 2.00 bits per heavy atom. The van der Waals surface area contributed by atoms with Crippen LogP contribution in [0.4, 0.5) is 10.1 Å². The summed E-state index contributed by atoms with van der Waals surface area (Å²) in [6, 6.07) is 6.13. The van der Waals surface area contributed by atoms with E-state index in [4.69, 9.17) is 0 Å². The van der Waals surface area contributed by atoms with Crippen molar-refractivity contribution in [1.29, 1.82) is 0 Å². The van der Waals surface area contributed by atoms with Crippen LogP contribution >= 0.6 is 0 Å². The molecule has 0 radical (unpaired) electrons. The Balaban J connectivity index is 3.01. The van der Waals surface area contributed by atoms with E-state index in [0.29, 0.717) is 5.57 Å². The summed E-state index contributed by atoms with van der Waals surface area (Å²) in [4.78, 5) is 12.7. The van der Waals surface area contributed by atoms with E-state index in [-0.39, 0.29) is 11.6 Å². The van der Waals surface area contributed by atoms with Crippen molar-refractivity contribution in [1.82, 2.24) is 0 Å². The quantitative estimate of drug-likeness (QED) is 0.660. The molecule has 0 aliphatic carbocycles. The van der Waals surface area contributed by atoms with E-state index < -0.39 is 5.82 Å². The third-order valence-electron chi connectivity index (χ3n) is 1.88. The molecule has 0 saturated heterocycles. The van der Waals surface area contributed by atoms with Gasteiger partial charge in [-0.15, -0.1) is 0 Å². The van der Waals surface area contributed by atoms with Crippen molar-refractivity contribution in [3.05, 3.63) is 42.2 Å². The van der Waals surface area contributed by atoms with Crippen molar-refractivity contribution in [3.8, 4) is 0 Å². The number of para-hydroxylation sites is 1. The van der Waals surface area contributed by atoms with Gasteiger partial charge in [0.2, 0.25) is 0 Å². The molecule has 14 heavy (non-hydrogen) atoms.